The normalized spacial score (nSPS) is 11.4. The summed E-state index contributed by atoms with van der Waals surface area (Å²) in [7, 11) is 1.49. The molecule has 0 aliphatic carbocycles. The Morgan fingerprint density at radius 3 is 2.42 bits per heavy atom. The van der Waals surface area contributed by atoms with E-state index in [-0.39, 0.29) is 5.91 Å². The van der Waals surface area contributed by atoms with Crippen molar-refractivity contribution in [3.8, 4) is 5.69 Å². The van der Waals surface area contributed by atoms with E-state index in [0.29, 0.717) is 11.3 Å². The molecule has 24 heavy (non-hydrogen) atoms. The van der Waals surface area contributed by atoms with Crippen LogP contribution in [0.4, 0.5) is 0 Å². The first kappa shape index (κ1) is 17.7. The van der Waals surface area contributed by atoms with Crippen LogP contribution in [0.25, 0.3) is 5.69 Å². The van der Waals surface area contributed by atoms with Gasteiger partial charge in [0.05, 0.1) is 23.1 Å². The summed E-state index contributed by atoms with van der Waals surface area (Å²) in [4.78, 5) is 25.3. The van der Waals surface area contributed by atoms with Gasteiger partial charge in [-0.05, 0) is 51.8 Å². The summed E-state index contributed by atoms with van der Waals surface area (Å²) >= 11 is 0. The van der Waals surface area contributed by atoms with Gasteiger partial charge in [0, 0.05) is 7.05 Å². The highest BCUT2D eigenvalue weighted by molar-refractivity contribution is 5.98. The van der Waals surface area contributed by atoms with Crippen molar-refractivity contribution in [3.63, 3.8) is 0 Å². The summed E-state index contributed by atoms with van der Waals surface area (Å²) in [6, 6.07) is 6.04. The molecule has 0 radical (unpaired) electrons. The van der Waals surface area contributed by atoms with Crippen LogP contribution >= 0.6 is 0 Å². The summed E-state index contributed by atoms with van der Waals surface area (Å²) in [6.07, 6.45) is 1.49. The highest BCUT2D eigenvalue weighted by Gasteiger charge is 2.36. The molecule has 0 aliphatic heterocycles. The van der Waals surface area contributed by atoms with Gasteiger partial charge < -0.3 is 10.0 Å². The number of rotatable bonds is 4. The molecule has 128 valence electrons. The second-order valence-electron chi connectivity index (χ2n) is 6.57. The van der Waals surface area contributed by atoms with Crippen LogP contribution in [0.3, 0.4) is 0 Å². The van der Waals surface area contributed by atoms with Crippen molar-refractivity contribution in [2.24, 2.45) is 0 Å². The lowest BCUT2D eigenvalue weighted by molar-refractivity contribution is -0.147. The van der Waals surface area contributed by atoms with Gasteiger partial charge in [0.25, 0.3) is 5.91 Å². The Bertz CT molecular complexity index is 806. The number of likely N-dealkylation sites (N-methyl/N-ethyl adjacent to an activating group) is 1. The third kappa shape index (κ3) is 2.91. The smallest absolute Gasteiger partial charge is 0.329 e. The molecule has 2 aromatic rings. The second kappa shape index (κ2) is 6.11. The first-order valence-electron chi connectivity index (χ1n) is 7.71. The summed E-state index contributed by atoms with van der Waals surface area (Å²) in [5, 5.41) is 13.7. The molecule has 1 amide bonds. The van der Waals surface area contributed by atoms with Gasteiger partial charge in [-0.15, -0.1) is 0 Å². The van der Waals surface area contributed by atoms with Crippen molar-refractivity contribution in [2.75, 3.05) is 7.05 Å². The fourth-order valence-electron chi connectivity index (χ4n) is 2.39. The molecule has 0 bridgehead atoms. The fourth-order valence-corrected chi connectivity index (χ4v) is 2.39. The average Bonchev–Trinajstić information content (AvgIpc) is 2.89. The zero-order chi connectivity index (χ0) is 18.2. The molecule has 1 heterocycles. The summed E-state index contributed by atoms with van der Waals surface area (Å²) in [5.41, 5.74) is 2.83. The topological polar surface area (TPSA) is 75.4 Å². The first-order chi connectivity index (χ1) is 11.1. The number of hydrogen-bond donors (Lipinski definition) is 1. The van der Waals surface area contributed by atoms with Crippen molar-refractivity contribution >= 4 is 11.9 Å². The molecule has 1 aromatic heterocycles. The number of aryl methyl sites for hydroxylation is 2. The van der Waals surface area contributed by atoms with Gasteiger partial charge >= 0.3 is 5.97 Å². The van der Waals surface area contributed by atoms with E-state index in [1.165, 1.54) is 32.0 Å². The van der Waals surface area contributed by atoms with Crippen LogP contribution in [0, 0.1) is 20.8 Å². The van der Waals surface area contributed by atoms with Gasteiger partial charge in [-0.3, -0.25) is 4.79 Å². The van der Waals surface area contributed by atoms with Crippen LogP contribution in [-0.2, 0) is 4.79 Å². The predicted octanol–water partition coefficient (Wildman–Crippen LogP) is 2.73. The Labute approximate surface area is 141 Å². The molecule has 1 aromatic carbocycles. The molecule has 0 aliphatic rings. The highest BCUT2D eigenvalue weighted by atomic mass is 16.4. The van der Waals surface area contributed by atoms with Crippen LogP contribution in [0.1, 0.15) is 41.0 Å². The molecule has 6 heteroatoms. The molecule has 6 nitrogen and oxygen atoms in total. The van der Waals surface area contributed by atoms with Crippen molar-refractivity contribution in [1.29, 1.82) is 0 Å². The van der Waals surface area contributed by atoms with Crippen molar-refractivity contribution in [3.05, 3.63) is 46.8 Å². The Balaban J connectivity index is 2.45. The van der Waals surface area contributed by atoms with Crippen molar-refractivity contribution < 1.29 is 14.7 Å². The molecular weight excluding hydrogens is 306 g/mol. The third-order valence-corrected chi connectivity index (χ3v) is 4.50. The van der Waals surface area contributed by atoms with E-state index in [1.807, 2.05) is 39.0 Å². The van der Waals surface area contributed by atoms with E-state index in [2.05, 4.69) is 5.10 Å². The number of benzene rings is 1. The average molecular weight is 329 g/mol. The summed E-state index contributed by atoms with van der Waals surface area (Å²) < 4.78 is 1.72. The molecule has 0 fully saturated rings. The third-order valence-electron chi connectivity index (χ3n) is 4.50. The Morgan fingerprint density at radius 2 is 1.83 bits per heavy atom. The zero-order valence-electron chi connectivity index (χ0n) is 14.9. The van der Waals surface area contributed by atoms with Crippen LogP contribution in [-0.4, -0.2) is 44.3 Å². The molecular formula is C18H23N3O3. The van der Waals surface area contributed by atoms with E-state index in [9.17, 15) is 14.7 Å². The monoisotopic (exact) mass is 329 g/mol. The van der Waals surface area contributed by atoms with E-state index in [1.54, 1.807) is 4.68 Å². The first-order valence-corrected chi connectivity index (χ1v) is 7.71. The summed E-state index contributed by atoms with van der Waals surface area (Å²) in [5.74, 6) is -1.42. The minimum Gasteiger partial charge on any atom is -0.480 e. The number of aromatic nitrogens is 2. The van der Waals surface area contributed by atoms with Gasteiger partial charge in [0.15, 0.2) is 0 Å². The van der Waals surface area contributed by atoms with Crippen molar-refractivity contribution in [2.45, 2.75) is 40.2 Å². The van der Waals surface area contributed by atoms with Gasteiger partial charge in [-0.2, -0.15) is 5.10 Å². The maximum absolute atomic E-state index is 12.7. The van der Waals surface area contributed by atoms with Crippen LogP contribution in [0.15, 0.2) is 24.4 Å². The molecule has 0 saturated heterocycles. The number of hydrogen-bond acceptors (Lipinski definition) is 3. The number of carboxylic acids is 1. The number of amides is 1. The standard InChI is InChI=1S/C18H23N3O3/c1-11-7-8-12(2)15(9-11)21-13(3)14(10-19-21)16(22)20(6)18(4,5)17(23)24/h7-10H,1-6H3,(H,23,24). The number of aliphatic carboxylic acids is 1. The lowest BCUT2D eigenvalue weighted by atomic mass is 10.0. The predicted molar refractivity (Wildman–Crippen MR) is 91.6 cm³/mol. The molecule has 1 N–H and O–H groups in total. The van der Waals surface area contributed by atoms with Gasteiger partial charge in [-0.1, -0.05) is 12.1 Å². The lowest BCUT2D eigenvalue weighted by Crippen LogP contribution is -2.50. The maximum Gasteiger partial charge on any atom is 0.329 e. The summed E-state index contributed by atoms with van der Waals surface area (Å²) in [6.45, 7) is 8.78. The Hall–Kier alpha value is -2.63. The number of carboxylic acid groups (broad SMARTS) is 1. The molecule has 0 atom stereocenters. The van der Waals surface area contributed by atoms with E-state index in [4.69, 9.17) is 0 Å². The number of carbonyl (C=O) groups is 2. The number of nitrogens with zero attached hydrogens (tertiary/aromatic N) is 3. The minimum atomic E-state index is -1.30. The Kier molecular flexibility index (Phi) is 4.51. The van der Waals surface area contributed by atoms with Crippen LogP contribution in [0.2, 0.25) is 0 Å². The largest absolute Gasteiger partial charge is 0.480 e. The quantitative estimate of drug-likeness (QED) is 0.936. The van der Waals surface area contributed by atoms with E-state index < -0.39 is 11.5 Å². The molecule has 2 rings (SSSR count). The van der Waals surface area contributed by atoms with Gasteiger partial charge in [0.2, 0.25) is 0 Å². The minimum absolute atomic E-state index is 0.364. The van der Waals surface area contributed by atoms with E-state index >= 15 is 0 Å². The molecule has 0 spiro atoms. The number of carbonyl (C=O) groups excluding carboxylic acids is 1. The van der Waals surface area contributed by atoms with Crippen LogP contribution < -0.4 is 0 Å². The molecule has 0 saturated carbocycles. The van der Waals surface area contributed by atoms with Crippen LogP contribution in [0.5, 0.6) is 0 Å². The van der Waals surface area contributed by atoms with Gasteiger partial charge in [-0.25, -0.2) is 9.48 Å². The second-order valence-corrected chi connectivity index (χ2v) is 6.57. The van der Waals surface area contributed by atoms with E-state index in [0.717, 1.165) is 16.8 Å². The Morgan fingerprint density at radius 1 is 1.21 bits per heavy atom. The van der Waals surface area contributed by atoms with Crippen molar-refractivity contribution in [1.82, 2.24) is 14.7 Å². The van der Waals surface area contributed by atoms with Gasteiger partial charge in [0.1, 0.15) is 5.54 Å². The maximum atomic E-state index is 12.7. The fraction of sp³-hybridized carbons (Fsp3) is 0.389. The highest BCUT2D eigenvalue weighted by Crippen LogP contribution is 2.22. The zero-order valence-corrected chi connectivity index (χ0v) is 14.9. The SMILES string of the molecule is Cc1ccc(C)c(-n2ncc(C(=O)N(C)C(C)(C)C(=O)O)c2C)c1. The molecule has 0 unspecified atom stereocenters. The lowest BCUT2D eigenvalue weighted by Gasteiger charge is -2.31.